The van der Waals surface area contributed by atoms with Gasteiger partial charge in [-0.25, -0.2) is 4.98 Å². The molecule has 1 amide bonds. The number of nitrogens with two attached hydrogens (primary N) is 1. The van der Waals surface area contributed by atoms with Crippen LogP contribution < -0.4 is 11.1 Å². The molecule has 19 heavy (non-hydrogen) atoms. The van der Waals surface area contributed by atoms with E-state index < -0.39 is 0 Å². The third-order valence-corrected chi connectivity index (χ3v) is 2.84. The van der Waals surface area contributed by atoms with Crippen molar-refractivity contribution in [2.45, 2.75) is 0 Å². The van der Waals surface area contributed by atoms with Crippen LogP contribution in [-0.4, -0.2) is 10.9 Å². The van der Waals surface area contributed by atoms with Gasteiger partial charge in [-0.15, -0.1) is 0 Å². The van der Waals surface area contributed by atoms with Gasteiger partial charge in [-0.1, -0.05) is 0 Å². The molecular formula is C13H9BrN4O. The zero-order valence-electron chi connectivity index (χ0n) is 9.72. The standard InChI is InChI=1S/C13H9BrN4O/c14-9-5-11(12(16)17-7-9)13(19)18-10-3-1-8(6-15)2-4-10/h1-5,7H,(H2,16,17)(H,18,19). The number of hydrogen-bond donors (Lipinski definition) is 2. The van der Waals surface area contributed by atoms with Crippen molar-refractivity contribution in [1.29, 1.82) is 5.26 Å². The SMILES string of the molecule is N#Cc1ccc(NC(=O)c2cc(Br)cnc2N)cc1. The Kier molecular flexibility index (Phi) is 3.78. The van der Waals surface area contributed by atoms with Crippen LogP contribution in [0.1, 0.15) is 15.9 Å². The summed E-state index contributed by atoms with van der Waals surface area (Å²) < 4.78 is 0.673. The van der Waals surface area contributed by atoms with Gasteiger partial charge in [0.25, 0.3) is 5.91 Å². The molecule has 0 aliphatic rings. The topological polar surface area (TPSA) is 91.8 Å². The lowest BCUT2D eigenvalue weighted by atomic mass is 10.2. The van der Waals surface area contributed by atoms with E-state index in [0.29, 0.717) is 21.3 Å². The summed E-state index contributed by atoms with van der Waals surface area (Å²) in [4.78, 5) is 15.9. The van der Waals surface area contributed by atoms with Crippen molar-refractivity contribution in [2.24, 2.45) is 0 Å². The van der Waals surface area contributed by atoms with Crippen LogP contribution in [0, 0.1) is 11.3 Å². The maximum atomic E-state index is 12.0. The van der Waals surface area contributed by atoms with Crippen LogP contribution >= 0.6 is 15.9 Å². The second-order valence-electron chi connectivity index (χ2n) is 3.73. The van der Waals surface area contributed by atoms with E-state index >= 15 is 0 Å². The zero-order chi connectivity index (χ0) is 13.8. The largest absolute Gasteiger partial charge is 0.383 e. The number of rotatable bonds is 2. The molecule has 0 atom stereocenters. The molecule has 2 rings (SSSR count). The van der Waals surface area contributed by atoms with Crippen LogP contribution in [0.3, 0.4) is 0 Å². The Morgan fingerprint density at radius 2 is 2.05 bits per heavy atom. The second kappa shape index (κ2) is 5.50. The van der Waals surface area contributed by atoms with E-state index in [0.717, 1.165) is 0 Å². The van der Waals surface area contributed by atoms with Gasteiger partial charge in [0.1, 0.15) is 5.82 Å². The number of nitrogens with one attached hydrogen (secondary N) is 1. The minimum atomic E-state index is -0.351. The maximum Gasteiger partial charge on any atom is 0.259 e. The predicted molar refractivity (Wildman–Crippen MR) is 75.5 cm³/mol. The van der Waals surface area contributed by atoms with Crippen LogP contribution in [0.15, 0.2) is 41.0 Å². The molecule has 0 radical (unpaired) electrons. The molecule has 0 aliphatic carbocycles. The number of aromatic nitrogens is 1. The number of amides is 1. The van der Waals surface area contributed by atoms with Gasteiger partial charge in [-0.3, -0.25) is 4.79 Å². The summed E-state index contributed by atoms with van der Waals surface area (Å²) in [5.74, 6) is -0.189. The molecule has 0 saturated carbocycles. The van der Waals surface area contributed by atoms with E-state index in [4.69, 9.17) is 11.0 Å². The monoisotopic (exact) mass is 316 g/mol. The van der Waals surface area contributed by atoms with Crippen molar-refractivity contribution in [2.75, 3.05) is 11.1 Å². The Balaban J connectivity index is 2.21. The van der Waals surface area contributed by atoms with Crippen LogP contribution in [-0.2, 0) is 0 Å². The van der Waals surface area contributed by atoms with Gasteiger partial charge in [0.05, 0.1) is 17.2 Å². The van der Waals surface area contributed by atoms with Crippen LogP contribution in [0.4, 0.5) is 11.5 Å². The molecule has 6 heteroatoms. The molecule has 1 aromatic carbocycles. The van der Waals surface area contributed by atoms with Gasteiger partial charge in [-0.05, 0) is 46.3 Å². The van der Waals surface area contributed by atoms with E-state index in [1.54, 1.807) is 30.3 Å². The number of hydrogen-bond acceptors (Lipinski definition) is 4. The average molecular weight is 317 g/mol. The van der Waals surface area contributed by atoms with Gasteiger partial charge in [-0.2, -0.15) is 5.26 Å². The Labute approximate surface area is 118 Å². The fraction of sp³-hybridized carbons (Fsp3) is 0. The highest BCUT2D eigenvalue weighted by molar-refractivity contribution is 9.10. The number of halogens is 1. The van der Waals surface area contributed by atoms with Gasteiger partial charge in [0, 0.05) is 16.4 Å². The molecule has 0 aliphatic heterocycles. The summed E-state index contributed by atoms with van der Waals surface area (Å²) in [5, 5.41) is 11.4. The molecule has 94 valence electrons. The smallest absolute Gasteiger partial charge is 0.259 e. The normalized spacial score (nSPS) is 9.68. The highest BCUT2D eigenvalue weighted by Gasteiger charge is 2.11. The number of benzene rings is 1. The summed E-state index contributed by atoms with van der Waals surface area (Å²) in [7, 11) is 0. The lowest BCUT2D eigenvalue weighted by Gasteiger charge is -2.07. The first-order valence-electron chi connectivity index (χ1n) is 5.32. The highest BCUT2D eigenvalue weighted by Crippen LogP contribution is 2.17. The number of nitrogens with zero attached hydrogens (tertiary/aromatic N) is 2. The summed E-state index contributed by atoms with van der Waals surface area (Å²) in [6.07, 6.45) is 1.52. The average Bonchev–Trinajstić information content (AvgIpc) is 2.42. The van der Waals surface area contributed by atoms with Gasteiger partial charge >= 0.3 is 0 Å². The highest BCUT2D eigenvalue weighted by atomic mass is 79.9. The number of carbonyl (C=O) groups excluding carboxylic acids is 1. The van der Waals surface area contributed by atoms with Crippen LogP contribution in [0.25, 0.3) is 0 Å². The maximum absolute atomic E-state index is 12.0. The number of pyridine rings is 1. The van der Waals surface area contributed by atoms with E-state index in [-0.39, 0.29) is 11.7 Å². The molecular weight excluding hydrogens is 308 g/mol. The predicted octanol–water partition coefficient (Wildman–Crippen LogP) is 2.55. The van der Waals surface area contributed by atoms with Gasteiger partial charge in [0.2, 0.25) is 0 Å². The second-order valence-corrected chi connectivity index (χ2v) is 4.65. The van der Waals surface area contributed by atoms with E-state index in [1.807, 2.05) is 6.07 Å². The van der Waals surface area contributed by atoms with E-state index in [9.17, 15) is 4.79 Å². The summed E-state index contributed by atoms with van der Waals surface area (Å²) >= 11 is 3.23. The van der Waals surface area contributed by atoms with Crippen molar-refractivity contribution >= 4 is 33.3 Å². The number of nitriles is 1. The minimum absolute atomic E-state index is 0.161. The van der Waals surface area contributed by atoms with E-state index in [2.05, 4.69) is 26.2 Å². The fourth-order valence-electron chi connectivity index (χ4n) is 1.46. The van der Waals surface area contributed by atoms with Crippen molar-refractivity contribution in [3.8, 4) is 6.07 Å². The molecule has 2 aromatic rings. The summed E-state index contributed by atoms with van der Waals surface area (Å²) in [6, 6.07) is 10.2. The molecule has 0 saturated heterocycles. The van der Waals surface area contributed by atoms with Crippen LogP contribution in [0.2, 0.25) is 0 Å². The van der Waals surface area contributed by atoms with Gasteiger partial charge < -0.3 is 11.1 Å². The lowest BCUT2D eigenvalue weighted by Crippen LogP contribution is -2.14. The van der Waals surface area contributed by atoms with E-state index in [1.165, 1.54) is 6.20 Å². The zero-order valence-corrected chi connectivity index (χ0v) is 11.3. The fourth-order valence-corrected chi connectivity index (χ4v) is 1.79. The van der Waals surface area contributed by atoms with Crippen molar-refractivity contribution in [1.82, 2.24) is 4.98 Å². The molecule has 0 spiro atoms. The molecule has 0 unspecified atom stereocenters. The Hall–Kier alpha value is -2.39. The summed E-state index contributed by atoms with van der Waals surface area (Å²) in [6.45, 7) is 0. The number of carbonyl (C=O) groups is 1. The third kappa shape index (κ3) is 3.09. The minimum Gasteiger partial charge on any atom is -0.383 e. The Morgan fingerprint density at radius 3 is 2.68 bits per heavy atom. The number of anilines is 2. The third-order valence-electron chi connectivity index (χ3n) is 2.40. The van der Waals surface area contributed by atoms with Gasteiger partial charge in [0.15, 0.2) is 0 Å². The molecule has 0 fully saturated rings. The van der Waals surface area contributed by atoms with Crippen molar-refractivity contribution in [3.05, 3.63) is 52.1 Å². The number of nitrogen functional groups attached to an aromatic ring is 1. The summed E-state index contributed by atoms with van der Waals surface area (Å²) in [5.41, 5.74) is 7.06. The van der Waals surface area contributed by atoms with Crippen molar-refractivity contribution < 1.29 is 4.79 Å². The molecule has 3 N–H and O–H groups in total. The molecule has 1 aromatic heterocycles. The lowest BCUT2D eigenvalue weighted by molar-refractivity contribution is 0.102. The molecule has 5 nitrogen and oxygen atoms in total. The Bertz CT molecular complexity index is 661. The first-order chi connectivity index (χ1) is 9.10. The quantitative estimate of drug-likeness (QED) is 0.890. The van der Waals surface area contributed by atoms with Crippen molar-refractivity contribution in [3.63, 3.8) is 0 Å². The molecule has 0 bridgehead atoms. The Morgan fingerprint density at radius 1 is 1.37 bits per heavy atom. The molecule has 1 heterocycles. The van der Waals surface area contributed by atoms with Crippen LogP contribution in [0.5, 0.6) is 0 Å². The first kappa shape index (κ1) is 13.1. The first-order valence-corrected chi connectivity index (χ1v) is 6.12.